The van der Waals surface area contributed by atoms with Gasteiger partial charge < -0.3 is 4.90 Å². The van der Waals surface area contributed by atoms with E-state index >= 15 is 0 Å². The Kier molecular flexibility index (Phi) is 5.38. The number of rotatable bonds is 4. The zero-order chi connectivity index (χ0) is 21.4. The molecule has 31 heavy (non-hydrogen) atoms. The van der Waals surface area contributed by atoms with Gasteiger partial charge in [-0.3, -0.25) is 4.90 Å². The third-order valence-corrected chi connectivity index (χ3v) is 6.21. The molecule has 0 amide bonds. The molecule has 0 saturated carbocycles. The number of fused-ring (bicyclic) bond motifs is 1. The topological polar surface area (TPSA) is 36.7 Å². The summed E-state index contributed by atoms with van der Waals surface area (Å²) in [5, 5.41) is 5.68. The fraction of sp³-hybridized carbons (Fsp3) is 0.280. The maximum Gasteiger partial charge on any atom is 0.161 e. The average Bonchev–Trinajstić information content (AvgIpc) is 3.11. The van der Waals surface area contributed by atoms with Crippen LogP contribution >= 0.6 is 11.6 Å². The molecule has 1 fully saturated rings. The molecule has 2 aromatic heterocycles. The molecule has 0 spiro atoms. The first kappa shape index (κ1) is 20.0. The third kappa shape index (κ3) is 4.03. The highest BCUT2D eigenvalue weighted by Crippen LogP contribution is 2.29. The summed E-state index contributed by atoms with van der Waals surface area (Å²) in [6.45, 7) is 9.14. The first-order valence-corrected chi connectivity index (χ1v) is 11.1. The van der Waals surface area contributed by atoms with Crippen LogP contribution in [0.4, 0.5) is 5.82 Å². The van der Waals surface area contributed by atoms with E-state index in [0.717, 1.165) is 66.7 Å². The number of benzene rings is 2. The number of hydrogen-bond donors (Lipinski definition) is 0. The molecule has 0 atom stereocenters. The second-order valence-corrected chi connectivity index (χ2v) is 8.66. The van der Waals surface area contributed by atoms with E-state index in [9.17, 15) is 0 Å². The Hall–Kier alpha value is -2.89. The van der Waals surface area contributed by atoms with Crippen molar-refractivity contribution in [2.45, 2.75) is 20.4 Å². The minimum Gasteiger partial charge on any atom is -0.354 e. The van der Waals surface area contributed by atoms with E-state index in [2.05, 4.69) is 66.1 Å². The first-order chi connectivity index (χ1) is 15.1. The lowest BCUT2D eigenvalue weighted by molar-refractivity contribution is 0.249. The van der Waals surface area contributed by atoms with Crippen molar-refractivity contribution < 1.29 is 0 Å². The van der Waals surface area contributed by atoms with Gasteiger partial charge in [0.1, 0.15) is 5.82 Å². The summed E-state index contributed by atoms with van der Waals surface area (Å²) in [5.41, 5.74) is 6.32. The van der Waals surface area contributed by atoms with Gasteiger partial charge >= 0.3 is 0 Å². The maximum absolute atomic E-state index is 6.23. The molecule has 1 aliphatic heterocycles. The zero-order valence-corrected chi connectivity index (χ0v) is 18.7. The highest BCUT2D eigenvalue weighted by Gasteiger charge is 2.22. The number of anilines is 1. The lowest BCUT2D eigenvalue weighted by Crippen LogP contribution is -2.46. The van der Waals surface area contributed by atoms with Gasteiger partial charge in [-0.05, 0) is 31.5 Å². The van der Waals surface area contributed by atoms with E-state index in [1.807, 2.05) is 22.7 Å². The molecule has 0 bridgehead atoms. The van der Waals surface area contributed by atoms with Crippen molar-refractivity contribution in [1.82, 2.24) is 19.5 Å². The van der Waals surface area contributed by atoms with Crippen LogP contribution in [0.5, 0.6) is 0 Å². The van der Waals surface area contributed by atoms with Gasteiger partial charge in [0.2, 0.25) is 0 Å². The van der Waals surface area contributed by atoms with E-state index in [1.165, 1.54) is 5.56 Å². The second-order valence-electron chi connectivity index (χ2n) is 8.22. The molecule has 4 aromatic rings. The van der Waals surface area contributed by atoms with Crippen LogP contribution in [0.1, 0.15) is 16.8 Å². The number of nitrogens with zero attached hydrogens (tertiary/aromatic N) is 5. The van der Waals surface area contributed by atoms with Gasteiger partial charge in [-0.2, -0.15) is 9.61 Å². The summed E-state index contributed by atoms with van der Waals surface area (Å²) in [6, 6.07) is 20.7. The Morgan fingerprint density at radius 3 is 2.42 bits per heavy atom. The Bertz CT molecular complexity index is 1210. The van der Waals surface area contributed by atoms with E-state index in [0.29, 0.717) is 5.02 Å². The molecule has 1 saturated heterocycles. The molecule has 5 nitrogen and oxygen atoms in total. The van der Waals surface area contributed by atoms with Gasteiger partial charge in [0.05, 0.1) is 5.69 Å². The SMILES string of the molecule is Cc1cc(N2CCN(Cc3ccccc3)CC2)n2nc(-c3cccc(Cl)c3)c(C)c2n1. The molecular weight excluding hydrogens is 406 g/mol. The van der Waals surface area contributed by atoms with Crippen LogP contribution < -0.4 is 4.90 Å². The van der Waals surface area contributed by atoms with Gasteiger partial charge in [0.25, 0.3) is 0 Å². The number of piperazine rings is 1. The monoisotopic (exact) mass is 431 g/mol. The number of aromatic nitrogens is 3. The molecule has 3 heterocycles. The summed E-state index contributed by atoms with van der Waals surface area (Å²) >= 11 is 6.23. The summed E-state index contributed by atoms with van der Waals surface area (Å²) in [5.74, 6) is 1.11. The summed E-state index contributed by atoms with van der Waals surface area (Å²) in [6.07, 6.45) is 0. The Balaban J connectivity index is 1.43. The number of aryl methyl sites for hydroxylation is 2. The normalized spacial score (nSPS) is 15.0. The predicted octanol–water partition coefficient (Wildman–Crippen LogP) is 4.99. The van der Waals surface area contributed by atoms with E-state index < -0.39 is 0 Å². The van der Waals surface area contributed by atoms with Crippen molar-refractivity contribution in [3.8, 4) is 11.3 Å². The van der Waals surface area contributed by atoms with Gasteiger partial charge in [0.15, 0.2) is 5.65 Å². The summed E-state index contributed by atoms with van der Waals surface area (Å²) in [4.78, 5) is 9.75. The smallest absolute Gasteiger partial charge is 0.161 e. The molecule has 0 unspecified atom stereocenters. The van der Waals surface area contributed by atoms with Crippen LogP contribution in [-0.2, 0) is 6.54 Å². The number of hydrogen-bond acceptors (Lipinski definition) is 4. The molecule has 0 aliphatic carbocycles. The van der Waals surface area contributed by atoms with Crippen molar-refractivity contribution in [3.05, 3.63) is 82.5 Å². The molecule has 0 N–H and O–H groups in total. The molecule has 1 aliphatic rings. The maximum atomic E-state index is 6.23. The fourth-order valence-electron chi connectivity index (χ4n) is 4.34. The van der Waals surface area contributed by atoms with Crippen molar-refractivity contribution in [2.24, 2.45) is 0 Å². The molecule has 6 heteroatoms. The number of halogens is 1. The summed E-state index contributed by atoms with van der Waals surface area (Å²) < 4.78 is 2.01. The van der Waals surface area contributed by atoms with Gasteiger partial charge in [-0.1, -0.05) is 54.1 Å². The van der Waals surface area contributed by atoms with Crippen LogP contribution in [-0.4, -0.2) is 45.7 Å². The lowest BCUT2D eigenvalue weighted by Gasteiger charge is -2.36. The molecular formula is C25H26ClN5. The minimum atomic E-state index is 0.716. The summed E-state index contributed by atoms with van der Waals surface area (Å²) in [7, 11) is 0. The highest BCUT2D eigenvalue weighted by atomic mass is 35.5. The third-order valence-electron chi connectivity index (χ3n) is 5.97. The quantitative estimate of drug-likeness (QED) is 0.456. The van der Waals surface area contributed by atoms with Crippen LogP contribution in [0.15, 0.2) is 60.7 Å². The van der Waals surface area contributed by atoms with Crippen LogP contribution in [0, 0.1) is 13.8 Å². The van der Waals surface area contributed by atoms with Gasteiger partial charge in [-0.25, -0.2) is 4.98 Å². The second kappa shape index (κ2) is 8.33. The predicted molar refractivity (Wildman–Crippen MR) is 127 cm³/mol. The van der Waals surface area contributed by atoms with Gasteiger partial charge in [-0.15, -0.1) is 0 Å². The van der Waals surface area contributed by atoms with E-state index in [1.54, 1.807) is 0 Å². The first-order valence-electron chi connectivity index (χ1n) is 10.7. The van der Waals surface area contributed by atoms with E-state index in [4.69, 9.17) is 21.7 Å². The van der Waals surface area contributed by atoms with Crippen LogP contribution in [0.3, 0.4) is 0 Å². The molecule has 0 radical (unpaired) electrons. The van der Waals surface area contributed by atoms with Crippen molar-refractivity contribution in [3.63, 3.8) is 0 Å². The van der Waals surface area contributed by atoms with Crippen molar-refractivity contribution in [1.29, 1.82) is 0 Å². The van der Waals surface area contributed by atoms with Crippen molar-refractivity contribution >= 4 is 23.1 Å². The Morgan fingerprint density at radius 2 is 1.68 bits per heavy atom. The van der Waals surface area contributed by atoms with Gasteiger partial charge in [0, 0.05) is 60.6 Å². The molecule has 2 aromatic carbocycles. The Labute approximate surface area is 187 Å². The fourth-order valence-corrected chi connectivity index (χ4v) is 4.53. The minimum absolute atomic E-state index is 0.716. The Morgan fingerprint density at radius 1 is 0.903 bits per heavy atom. The zero-order valence-electron chi connectivity index (χ0n) is 17.9. The highest BCUT2D eigenvalue weighted by molar-refractivity contribution is 6.30. The largest absolute Gasteiger partial charge is 0.354 e. The van der Waals surface area contributed by atoms with Crippen LogP contribution in [0.2, 0.25) is 5.02 Å². The van der Waals surface area contributed by atoms with E-state index in [-0.39, 0.29) is 0 Å². The van der Waals surface area contributed by atoms with Crippen molar-refractivity contribution in [2.75, 3.05) is 31.1 Å². The molecule has 158 valence electrons. The average molecular weight is 432 g/mol. The molecule has 5 rings (SSSR count). The van der Waals surface area contributed by atoms with Crippen LogP contribution in [0.25, 0.3) is 16.9 Å². The standard InChI is InChI=1S/C25H26ClN5/c1-18-15-23(30-13-11-29(12-14-30)17-20-7-4-3-5-8-20)31-25(27-18)19(2)24(28-31)21-9-6-10-22(26)16-21/h3-10,15-16H,11-14,17H2,1-2H3. The lowest BCUT2D eigenvalue weighted by atomic mass is 10.1.